The van der Waals surface area contributed by atoms with Crippen LogP contribution in [0.1, 0.15) is 57.6 Å². The first kappa shape index (κ1) is 17.2. The summed E-state index contributed by atoms with van der Waals surface area (Å²) in [7, 11) is 0. The van der Waals surface area contributed by atoms with Crippen LogP contribution < -0.4 is 5.32 Å². The first-order valence-corrected chi connectivity index (χ1v) is 8.96. The Morgan fingerprint density at radius 1 is 0.750 bits per heavy atom. The first-order chi connectivity index (χ1) is 11.3. The van der Waals surface area contributed by atoms with E-state index in [1.165, 1.54) is 11.1 Å². The van der Waals surface area contributed by atoms with Gasteiger partial charge >= 0.3 is 0 Å². The summed E-state index contributed by atoms with van der Waals surface area (Å²) in [6, 6.07) is 21.5. The van der Waals surface area contributed by atoms with Crippen LogP contribution >= 0.6 is 0 Å². The van der Waals surface area contributed by atoms with E-state index in [4.69, 9.17) is 0 Å². The molecule has 0 saturated heterocycles. The van der Waals surface area contributed by atoms with Gasteiger partial charge in [-0.1, -0.05) is 60.7 Å². The quantitative estimate of drug-likeness (QED) is 0.808. The minimum atomic E-state index is -0.773. The second kappa shape index (κ2) is 6.34. The standard InChI is InChI=1S/C22H29NO/c1-20(2,3)23-22(24)16-14-21(15-17-22,18-10-6-4-7-11-18)19-12-8-5-9-13-19/h4-13,23-24H,14-17H2,1-3H3. The van der Waals surface area contributed by atoms with E-state index in [1.807, 2.05) is 0 Å². The largest absolute Gasteiger partial charge is 0.376 e. The highest BCUT2D eigenvalue weighted by Gasteiger charge is 2.44. The van der Waals surface area contributed by atoms with Crippen LogP contribution in [-0.4, -0.2) is 16.4 Å². The highest BCUT2D eigenvalue weighted by atomic mass is 16.3. The smallest absolute Gasteiger partial charge is 0.116 e. The molecule has 2 aromatic rings. The third-order valence-corrected chi connectivity index (χ3v) is 5.19. The second-order valence-corrected chi connectivity index (χ2v) is 8.22. The summed E-state index contributed by atoms with van der Waals surface area (Å²) in [6.45, 7) is 6.34. The van der Waals surface area contributed by atoms with E-state index >= 15 is 0 Å². The Balaban J connectivity index is 1.93. The van der Waals surface area contributed by atoms with Crippen LogP contribution in [0.5, 0.6) is 0 Å². The molecular weight excluding hydrogens is 294 g/mol. The Morgan fingerprint density at radius 3 is 1.54 bits per heavy atom. The molecule has 1 aliphatic rings. The van der Waals surface area contributed by atoms with Gasteiger partial charge in [-0.05, 0) is 57.6 Å². The molecule has 1 saturated carbocycles. The van der Waals surface area contributed by atoms with Gasteiger partial charge in [-0.25, -0.2) is 0 Å². The SMILES string of the molecule is CC(C)(C)NC1(O)CCC(c2ccccc2)(c2ccccc2)CC1. The van der Waals surface area contributed by atoms with Gasteiger partial charge in [0.1, 0.15) is 5.72 Å². The molecule has 0 aromatic heterocycles. The molecule has 2 aromatic carbocycles. The summed E-state index contributed by atoms with van der Waals surface area (Å²) in [5.74, 6) is 0. The predicted octanol–water partition coefficient (Wildman–Crippen LogP) is 4.62. The van der Waals surface area contributed by atoms with Crippen molar-refractivity contribution in [2.75, 3.05) is 0 Å². The van der Waals surface area contributed by atoms with Crippen LogP contribution in [0.3, 0.4) is 0 Å². The van der Waals surface area contributed by atoms with Crippen molar-refractivity contribution < 1.29 is 5.11 Å². The summed E-state index contributed by atoms with van der Waals surface area (Å²) < 4.78 is 0. The third-order valence-electron chi connectivity index (χ3n) is 5.19. The second-order valence-electron chi connectivity index (χ2n) is 8.22. The van der Waals surface area contributed by atoms with Crippen molar-refractivity contribution >= 4 is 0 Å². The van der Waals surface area contributed by atoms with Crippen molar-refractivity contribution in [3.8, 4) is 0 Å². The minimum Gasteiger partial charge on any atom is -0.376 e. The van der Waals surface area contributed by atoms with Gasteiger partial charge in [0.2, 0.25) is 0 Å². The Kier molecular flexibility index (Phi) is 4.54. The van der Waals surface area contributed by atoms with Crippen molar-refractivity contribution in [2.45, 2.75) is 63.1 Å². The van der Waals surface area contributed by atoms with Crippen LogP contribution in [0.4, 0.5) is 0 Å². The summed E-state index contributed by atoms with van der Waals surface area (Å²) in [4.78, 5) is 0. The van der Waals surface area contributed by atoms with Crippen molar-refractivity contribution in [1.29, 1.82) is 0 Å². The van der Waals surface area contributed by atoms with E-state index in [0.29, 0.717) is 0 Å². The van der Waals surface area contributed by atoms with Gasteiger partial charge in [0.15, 0.2) is 0 Å². The molecule has 3 rings (SSSR count). The predicted molar refractivity (Wildman–Crippen MR) is 100.0 cm³/mol. The number of aliphatic hydroxyl groups is 1. The Bertz CT molecular complexity index is 608. The van der Waals surface area contributed by atoms with Crippen LogP contribution in [0, 0.1) is 0 Å². The van der Waals surface area contributed by atoms with E-state index in [1.54, 1.807) is 0 Å². The monoisotopic (exact) mass is 323 g/mol. The van der Waals surface area contributed by atoms with Gasteiger partial charge in [-0.2, -0.15) is 0 Å². The summed E-state index contributed by atoms with van der Waals surface area (Å²) in [6.07, 6.45) is 3.41. The Hall–Kier alpha value is -1.64. The molecule has 1 aliphatic carbocycles. The molecule has 2 N–H and O–H groups in total. The van der Waals surface area contributed by atoms with E-state index < -0.39 is 5.72 Å². The molecule has 0 radical (unpaired) electrons. The third kappa shape index (κ3) is 3.55. The lowest BCUT2D eigenvalue weighted by Crippen LogP contribution is -2.57. The van der Waals surface area contributed by atoms with Crippen molar-refractivity contribution in [3.63, 3.8) is 0 Å². The molecule has 0 unspecified atom stereocenters. The lowest BCUT2D eigenvalue weighted by molar-refractivity contribution is -0.0582. The summed E-state index contributed by atoms with van der Waals surface area (Å²) in [5.41, 5.74) is 1.84. The lowest BCUT2D eigenvalue weighted by atomic mass is 9.63. The van der Waals surface area contributed by atoms with Gasteiger partial charge in [-0.15, -0.1) is 0 Å². The fourth-order valence-electron chi connectivity index (χ4n) is 4.17. The average molecular weight is 323 g/mol. The summed E-state index contributed by atoms with van der Waals surface area (Å²) >= 11 is 0. The van der Waals surface area contributed by atoms with Crippen molar-refractivity contribution in [3.05, 3.63) is 71.8 Å². The zero-order valence-corrected chi connectivity index (χ0v) is 15.0. The average Bonchev–Trinajstić information content (AvgIpc) is 2.56. The fraction of sp³-hybridized carbons (Fsp3) is 0.455. The Morgan fingerprint density at radius 2 is 1.17 bits per heavy atom. The molecule has 0 spiro atoms. The molecule has 128 valence electrons. The van der Waals surface area contributed by atoms with Crippen molar-refractivity contribution in [1.82, 2.24) is 5.32 Å². The van der Waals surface area contributed by atoms with E-state index in [0.717, 1.165) is 25.7 Å². The first-order valence-electron chi connectivity index (χ1n) is 8.96. The molecule has 0 heterocycles. The van der Waals surface area contributed by atoms with Crippen molar-refractivity contribution in [2.24, 2.45) is 0 Å². The van der Waals surface area contributed by atoms with Gasteiger partial charge in [0.05, 0.1) is 0 Å². The highest BCUT2D eigenvalue weighted by molar-refractivity contribution is 5.40. The maximum atomic E-state index is 11.0. The van der Waals surface area contributed by atoms with E-state index in [-0.39, 0.29) is 11.0 Å². The number of hydrogen-bond donors (Lipinski definition) is 2. The van der Waals surface area contributed by atoms with E-state index in [2.05, 4.69) is 86.8 Å². The van der Waals surface area contributed by atoms with Crippen LogP contribution in [0.25, 0.3) is 0 Å². The zero-order chi connectivity index (χ0) is 17.3. The minimum absolute atomic E-state index is 0.00564. The van der Waals surface area contributed by atoms with Gasteiger partial charge in [0, 0.05) is 11.0 Å². The summed E-state index contributed by atoms with van der Waals surface area (Å²) in [5, 5.41) is 14.5. The molecule has 0 aliphatic heterocycles. The van der Waals surface area contributed by atoms with Gasteiger partial charge < -0.3 is 5.11 Å². The van der Waals surface area contributed by atoms with Gasteiger partial charge in [0.25, 0.3) is 0 Å². The lowest BCUT2D eigenvalue weighted by Gasteiger charge is -2.47. The highest BCUT2D eigenvalue weighted by Crippen LogP contribution is 2.47. The molecule has 0 atom stereocenters. The molecule has 0 amide bonds. The molecular formula is C22H29NO. The molecule has 2 heteroatoms. The number of nitrogens with one attached hydrogen (secondary N) is 1. The molecule has 1 fully saturated rings. The maximum absolute atomic E-state index is 11.0. The van der Waals surface area contributed by atoms with Crippen LogP contribution in [0.2, 0.25) is 0 Å². The molecule has 24 heavy (non-hydrogen) atoms. The van der Waals surface area contributed by atoms with Gasteiger partial charge in [-0.3, -0.25) is 5.32 Å². The topological polar surface area (TPSA) is 32.3 Å². The van der Waals surface area contributed by atoms with E-state index in [9.17, 15) is 5.11 Å². The van der Waals surface area contributed by atoms with Crippen LogP contribution in [-0.2, 0) is 5.41 Å². The number of hydrogen-bond acceptors (Lipinski definition) is 2. The normalized spacial score (nSPS) is 19.8. The maximum Gasteiger partial charge on any atom is 0.116 e. The number of benzene rings is 2. The molecule has 2 nitrogen and oxygen atoms in total. The zero-order valence-electron chi connectivity index (χ0n) is 15.0. The fourth-order valence-corrected chi connectivity index (χ4v) is 4.17. The molecule has 0 bridgehead atoms. The van der Waals surface area contributed by atoms with Crippen LogP contribution in [0.15, 0.2) is 60.7 Å². The Labute approximate surface area is 145 Å². The number of rotatable bonds is 3.